The molecule has 150 valence electrons. The molecule has 2 amide bonds. The van der Waals surface area contributed by atoms with Crippen molar-refractivity contribution in [3.63, 3.8) is 0 Å². The van der Waals surface area contributed by atoms with E-state index >= 15 is 0 Å². The molecule has 3 rings (SSSR count). The zero-order valence-corrected chi connectivity index (χ0v) is 17.6. The molecule has 2 atom stereocenters. The van der Waals surface area contributed by atoms with Crippen LogP contribution in [0.2, 0.25) is 0 Å². The number of anilines is 1. The number of nitrogens with two attached hydrogens (primary N) is 1. The molecule has 28 heavy (non-hydrogen) atoms. The SMILES string of the molecule is CSCSC1=C(C(=O)O)N2C(=O)[C@@H](NC(=O)/C(=N\O)c3csc(N)n3)[C@H]2SC1. The summed E-state index contributed by atoms with van der Waals surface area (Å²) in [6, 6.07) is -0.924. The Morgan fingerprint density at radius 3 is 2.86 bits per heavy atom. The second-order valence-electron chi connectivity index (χ2n) is 5.51. The molecule has 0 spiro atoms. The number of thioether (sulfide) groups is 3. The van der Waals surface area contributed by atoms with Crippen LogP contribution in [0.1, 0.15) is 5.69 Å². The smallest absolute Gasteiger partial charge is 0.353 e. The van der Waals surface area contributed by atoms with Gasteiger partial charge in [0.25, 0.3) is 11.8 Å². The lowest BCUT2D eigenvalue weighted by Crippen LogP contribution is -2.71. The highest BCUT2D eigenvalue weighted by atomic mass is 32.2. The molecule has 10 nitrogen and oxygen atoms in total. The average Bonchev–Trinajstić information content (AvgIpc) is 3.09. The molecule has 1 saturated heterocycles. The minimum absolute atomic E-state index is 0.0402. The predicted molar refractivity (Wildman–Crippen MR) is 111 cm³/mol. The molecule has 14 heteroatoms. The van der Waals surface area contributed by atoms with Crippen LogP contribution in [0.4, 0.5) is 5.13 Å². The van der Waals surface area contributed by atoms with Crippen LogP contribution in [0.5, 0.6) is 0 Å². The van der Waals surface area contributed by atoms with Crippen LogP contribution in [0.25, 0.3) is 0 Å². The normalized spacial score (nSPS) is 22.0. The molecular weight excluding hydrogens is 446 g/mol. The van der Waals surface area contributed by atoms with Crippen molar-refractivity contribution >= 4 is 75.2 Å². The fourth-order valence-electron chi connectivity index (χ4n) is 2.65. The molecule has 0 bridgehead atoms. The maximum atomic E-state index is 12.6. The summed E-state index contributed by atoms with van der Waals surface area (Å²) in [6.07, 6.45) is 1.91. The Morgan fingerprint density at radius 2 is 2.29 bits per heavy atom. The van der Waals surface area contributed by atoms with Crippen molar-refractivity contribution in [1.29, 1.82) is 0 Å². The first-order chi connectivity index (χ1) is 13.4. The van der Waals surface area contributed by atoms with Gasteiger partial charge >= 0.3 is 5.97 Å². The lowest BCUT2D eigenvalue weighted by atomic mass is 10.0. The van der Waals surface area contributed by atoms with Gasteiger partial charge in [0.2, 0.25) is 0 Å². The largest absolute Gasteiger partial charge is 0.477 e. The van der Waals surface area contributed by atoms with E-state index in [-0.39, 0.29) is 22.2 Å². The van der Waals surface area contributed by atoms with E-state index in [1.54, 1.807) is 11.8 Å². The number of carboxylic acid groups (broad SMARTS) is 1. The lowest BCUT2D eigenvalue weighted by molar-refractivity contribution is -0.150. The Bertz CT molecular complexity index is 885. The summed E-state index contributed by atoms with van der Waals surface area (Å²) in [4.78, 5) is 42.4. The molecule has 0 aromatic carbocycles. The number of nitrogens with zero attached hydrogens (tertiary/aromatic N) is 3. The number of hydrogen-bond donors (Lipinski definition) is 4. The number of nitrogen functional groups attached to an aromatic ring is 1. The van der Waals surface area contributed by atoms with Crippen molar-refractivity contribution in [2.45, 2.75) is 11.4 Å². The fourth-order valence-corrected chi connectivity index (χ4v) is 6.29. The van der Waals surface area contributed by atoms with Gasteiger partial charge in [-0.2, -0.15) is 11.8 Å². The van der Waals surface area contributed by atoms with Gasteiger partial charge in [-0.15, -0.1) is 34.9 Å². The maximum absolute atomic E-state index is 12.6. The fraction of sp³-hybridized carbons (Fsp3) is 0.357. The van der Waals surface area contributed by atoms with Crippen LogP contribution >= 0.6 is 46.6 Å². The summed E-state index contributed by atoms with van der Waals surface area (Å²) in [5, 5.41) is 25.9. The van der Waals surface area contributed by atoms with Gasteiger partial charge in [-0.05, 0) is 6.26 Å². The minimum atomic E-state index is -1.18. The van der Waals surface area contributed by atoms with Gasteiger partial charge in [0.15, 0.2) is 10.8 Å². The second-order valence-corrected chi connectivity index (χ2v) is 9.80. The first-order valence-corrected chi connectivity index (χ1v) is 12.0. The van der Waals surface area contributed by atoms with Crippen molar-refractivity contribution < 1.29 is 24.7 Å². The molecule has 2 aliphatic heterocycles. The van der Waals surface area contributed by atoms with E-state index in [2.05, 4.69) is 15.5 Å². The topological polar surface area (TPSA) is 158 Å². The molecule has 0 aliphatic carbocycles. The van der Waals surface area contributed by atoms with E-state index in [1.165, 1.54) is 33.8 Å². The number of aliphatic carboxylic acids is 1. The minimum Gasteiger partial charge on any atom is -0.477 e. The first-order valence-electron chi connectivity index (χ1n) is 7.66. The van der Waals surface area contributed by atoms with Gasteiger partial charge in [-0.1, -0.05) is 5.16 Å². The number of amides is 2. The van der Waals surface area contributed by atoms with E-state index in [4.69, 9.17) is 10.9 Å². The van der Waals surface area contributed by atoms with Gasteiger partial charge in [0, 0.05) is 21.1 Å². The molecule has 5 N–H and O–H groups in total. The third-order valence-electron chi connectivity index (χ3n) is 3.85. The average molecular weight is 462 g/mol. The van der Waals surface area contributed by atoms with Gasteiger partial charge in [0.1, 0.15) is 22.8 Å². The molecule has 1 fully saturated rings. The molecule has 3 heterocycles. The lowest BCUT2D eigenvalue weighted by Gasteiger charge is -2.49. The molecular formula is C14H15N5O5S4. The summed E-state index contributed by atoms with van der Waals surface area (Å²) in [5.41, 5.74) is 5.20. The molecule has 1 aromatic rings. The van der Waals surface area contributed by atoms with E-state index in [9.17, 15) is 19.5 Å². The highest BCUT2D eigenvalue weighted by Gasteiger charge is 2.54. The van der Waals surface area contributed by atoms with Gasteiger partial charge < -0.3 is 21.4 Å². The Kier molecular flexibility index (Phi) is 6.42. The monoisotopic (exact) mass is 461 g/mol. The quantitative estimate of drug-likeness (QED) is 0.149. The Balaban J connectivity index is 1.75. The molecule has 0 unspecified atom stereocenters. The van der Waals surface area contributed by atoms with Crippen molar-refractivity contribution in [3.05, 3.63) is 21.7 Å². The number of carboxylic acids is 1. The number of nitrogens with one attached hydrogen (secondary N) is 1. The Morgan fingerprint density at radius 1 is 1.54 bits per heavy atom. The summed E-state index contributed by atoms with van der Waals surface area (Å²) in [5.74, 6) is -2.07. The van der Waals surface area contributed by atoms with Crippen molar-refractivity contribution in [3.8, 4) is 0 Å². The Hall–Kier alpha value is -1.90. The van der Waals surface area contributed by atoms with Gasteiger partial charge in [-0.3, -0.25) is 14.5 Å². The zero-order chi connectivity index (χ0) is 20.4. The van der Waals surface area contributed by atoms with Crippen molar-refractivity contribution in [2.75, 3.05) is 22.8 Å². The number of carbonyl (C=O) groups excluding carboxylic acids is 2. The van der Waals surface area contributed by atoms with Crippen LogP contribution in [0.3, 0.4) is 0 Å². The number of aromatic nitrogens is 1. The molecule has 2 aliphatic rings. The number of fused-ring (bicyclic) bond motifs is 1. The van der Waals surface area contributed by atoms with Crippen LogP contribution in [-0.4, -0.2) is 72.2 Å². The number of β-lactam (4-membered cyclic amide) rings is 1. The van der Waals surface area contributed by atoms with E-state index < -0.39 is 29.2 Å². The third-order valence-corrected chi connectivity index (χ3v) is 8.09. The van der Waals surface area contributed by atoms with E-state index in [1.807, 2.05) is 6.26 Å². The summed E-state index contributed by atoms with van der Waals surface area (Å²) in [6.45, 7) is 0. The number of rotatable bonds is 7. The number of oxime groups is 1. The van der Waals surface area contributed by atoms with Crippen LogP contribution < -0.4 is 11.1 Å². The summed E-state index contributed by atoms with van der Waals surface area (Å²) < 4.78 is 0. The molecule has 0 radical (unpaired) electrons. The van der Waals surface area contributed by atoms with Crippen LogP contribution in [0, 0.1) is 0 Å². The molecule has 0 saturated carbocycles. The van der Waals surface area contributed by atoms with Crippen molar-refractivity contribution in [1.82, 2.24) is 15.2 Å². The Labute approximate surface area is 176 Å². The first kappa shape index (κ1) is 20.8. The summed E-state index contributed by atoms with van der Waals surface area (Å²) in [7, 11) is 0. The number of carbonyl (C=O) groups is 3. The third kappa shape index (κ3) is 3.81. The predicted octanol–water partition coefficient (Wildman–Crippen LogP) is 0.653. The highest BCUT2D eigenvalue weighted by Crippen LogP contribution is 2.43. The zero-order valence-electron chi connectivity index (χ0n) is 14.3. The van der Waals surface area contributed by atoms with Crippen LogP contribution in [0.15, 0.2) is 21.1 Å². The summed E-state index contributed by atoms with van der Waals surface area (Å²) >= 11 is 5.39. The van der Waals surface area contributed by atoms with Gasteiger partial charge in [0.05, 0.1) is 0 Å². The van der Waals surface area contributed by atoms with E-state index in [0.29, 0.717) is 15.7 Å². The highest BCUT2D eigenvalue weighted by molar-refractivity contribution is 8.18. The standard InChI is InChI=1S/C14H15N5O5S4/c1-25-4-28-6-3-26-12-8(11(21)19(12)9(6)13(22)23)17-10(20)7(18-24)5-2-27-14(15)16-5/h2,8,12,24H,3-4H2,1H3,(H2,15,16)(H,17,20)(H,22,23)/b18-7-/t8-,12-/m1/s1. The van der Waals surface area contributed by atoms with Gasteiger partial charge in [-0.25, -0.2) is 9.78 Å². The van der Waals surface area contributed by atoms with E-state index in [0.717, 1.165) is 11.3 Å². The van der Waals surface area contributed by atoms with Crippen LogP contribution in [-0.2, 0) is 14.4 Å². The molecule has 1 aromatic heterocycles. The second kappa shape index (κ2) is 8.63. The number of hydrogen-bond acceptors (Lipinski definition) is 11. The van der Waals surface area contributed by atoms with Crippen molar-refractivity contribution in [2.24, 2.45) is 5.16 Å². The maximum Gasteiger partial charge on any atom is 0.353 e. The number of thiazole rings is 1.